The maximum absolute atomic E-state index is 12.3. The molecule has 6 heteroatoms. The summed E-state index contributed by atoms with van der Waals surface area (Å²) < 4.78 is 10.8. The topological polar surface area (TPSA) is 61.3 Å². The lowest BCUT2D eigenvalue weighted by Gasteiger charge is -2.12. The highest BCUT2D eigenvalue weighted by Crippen LogP contribution is 2.17. The van der Waals surface area contributed by atoms with Crippen molar-refractivity contribution in [3.05, 3.63) is 39.6 Å². The number of carbonyl (C=O) groups is 1. The van der Waals surface area contributed by atoms with Crippen molar-refractivity contribution < 1.29 is 14.3 Å². The summed E-state index contributed by atoms with van der Waals surface area (Å²) in [7, 11) is 1.64. The van der Waals surface area contributed by atoms with Crippen molar-refractivity contribution in [1.29, 1.82) is 0 Å². The first-order valence-electron chi connectivity index (χ1n) is 7.06. The molecule has 5 nitrogen and oxygen atoms in total. The fraction of sp³-hybridized carbons (Fsp3) is 0.438. The molecule has 0 saturated carbocycles. The molecule has 0 aliphatic rings. The number of aromatic nitrogens is 2. The second kappa shape index (κ2) is 7.47. The molecule has 0 spiro atoms. The zero-order chi connectivity index (χ0) is 16.1. The van der Waals surface area contributed by atoms with Gasteiger partial charge < -0.3 is 9.47 Å². The van der Waals surface area contributed by atoms with Crippen molar-refractivity contribution in [3.63, 3.8) is 0 Å². The maximum atomic E-state index is 12.3. The van der Waals surface area contributed by atoms with Crippen LogP contribution in [0, 0.1) is 13.8 Å². The number of hydrogen-bond acceptors (Lipinski definition) is 6. The van der Waals surface area contributed by atoms with Crippen LogP contribution in [0.3, 0.4) is 0 Å². The first-order valence-corrected chi connectivity index (χ1v) is 7.94. The second-order valence-corrected chi connectivity index (χ2v) is 6.11. The van der Waals surface area contributed by atoms with Crippen LogP contribution in [-0.2, 0) is 11.2 Å². The van der Waals surface area contributed by atoms with Gasteiger partial charge in [-0.25, -0.2) is 9.97 Å². The highest BCUT2D eigenvalue weighted by atomic mass is 32.1. The van der Waals surface area contributed by atoms with Crippen molar-refractivity contribution in [2.75, 3.05) is 13.7 Å². The van der Waals surface area contributed by atoms with Crippen molar-refractivity contribution in [2.45, 2.75) is 33.3 Å². The molecule has 22 heavy (non-hydrogen) atoms. The fourth-order valence-electron chi connectivity index (χ4n) is 1.86. The minimum atomic E-state index is -0.0531. The van der Waals surface area contributed by atoms with Gasteiger partial charge in [0.25, 0.3) is 0 Å². The Morgan fingerprint density at radius 2 is 2.05 bits per heavy atom. The van der Waals surface area contributed by atoms with Crippen molar-refractivity contribution in [2.24, 2.45) is 0 Å². The fourth-order valence-corrected chi connectivity index (χ4v) is 2.63. The van der Waals surface area contributed by atoms with E-state index in [2.05, 4.69) is 9.97 Å². The third kappa shape index (κ3) is 4.61. The van der Waals surface area contributed by atoms with Crippen LogP contribution in [0.4, 0.5) is 0 Å². The van der Waals surface area contributed by atoms with Crippen molar-refractivity contribution in [3.8, 4) is 5.75 Å². The number of carbonyl (C=O) groups excluding carboxylic acids is 1. The number of hydrogen-bond donors (Lipinski definition) is 0. The first-order chi connectivity index (χ1) is 10.5. The standard InChI is InChI=1S/C16H20N2O3S/c1-10-5-13(21-8-12(3)20-4)6-14(17-10)15(19)7-16-18-11(2)9-22-16/h5-6,9,12H,7-8H2,1-4H3/t12-/m1/s1. The van der Waals surface area contributed by atoms with Gasteiger partial charge in [0, 0.05) is 36.0 Å². The van der Waals surface area contributed by atoms with E-state index < -0.39 is 0 Å². The quantitative estimate of drug-likeness (QED) is 0.734. The summed E-state index contributed by atoms with van der Waals surface area (Å²) in [6.45, 7) is 6.11. The number of ether oxygens (including phenoxy) is 2. The molecule has 0 fully saturated rings. The molecule has 2 aromatic heterocycles. The predicted octanol–water partition coefficient (Wildman–Crippen LogP) is 2.99. The first kappa shape index (κ1) is 16.6. The molecule has 1 atom stereocenters. The van der Waals surface area contributed by atoms with Gasteiger partial charge in [0.1, 0.15) is 23.1 Å². The van der Waals surface area contributed by atoms with Gasteiger partial charge in [-0.2, -0.15) is 0 Å². The Bertz CT molecular complexity index is 655. The Morgan fingerprint density at radius 1 is 1.27 bits per heavy atom. The molecule has 0 aliphatic carbocycles. The van der Waals surface area contributed by atoms with Crippen LogP contribution in [0.2, 0.25) is 0 Å². The molecule has 0 saturated heterocycles. The molecule has 0 aromatic carbocycles. The predicted molar refractivity (Wildman–Crippen MR) is 85.8 cm³/mol. The normalized spacial score (nSPS) is 12.2. The lowest BCUT2D eigenvalue weighted by atomic mass is 10.2. The Kier molecular flexibility index (Phi) is 5.63. The molecule has 0 radical (unpaired) electrons. The Morgan fingerprint density at radius 3 is 2.68 bits per heavy atom. The highest BCUT2D eigenvalue weighted by molar-refractivity contribution is 7.09. The van der Waals surface area contributed by atoms with Crippen LogP contribution in [0.1, 0.15) is 33.8 Å². The van der Waals surface area contributed by atoms with E-state index in [4.69, 9.17) is 9.47 Å². The number of aryl methyl sites for hydroxylation is 2. The average Bonchev–Trinajstić information content (AvgIpc) is 2.89. The van der Waals surface area contributed by atoms with Crippen LogP contribution in [0.25, 0.3) is 0 Å². The molecule has 0 bridgehead atoms. The summed E-state index contributed by atoms with van der Waals surface area (Å²) in [5.74, 6) is 0.581. The number of rotatable bonds is 7. The summed E-state index contributed by atoms with van der Waals surface area (Å²) in [5.41, 5.74) is 2.09. The van der Waals surface area contributed by atoms with Gasteiger partial charge in [-0.15, -0.1) is 11.3 Å². The third-order valence-corrected chi connectivity index (χ3v) is 4.04. The monoisotopic (exact) mass is 320 g/mol. The van der Waals surface area contributed by atoms with Gasteiger partial charge in [-0.05, 0) is 20.8 Å². The Hall–Kier alpha value is -1.79. The van der Waals surface area contributed by atoms with Crippen LogP contribution < -0.4 is 4.74 Å². The number of nitrogens with zero attached hydrogens (tertiary/aromatic N) is 2. The van der Waals surface area contributed by atoms with E-state index >= 15 is 0 Å². The summed E-state index contributed by atoms with van der Waals surface area (Å²) in [6, 6.07) is 3.49. The van der Waals surface area contributed by atoms with E-state index in [-0.39, 0.29) is 18.3 Å². The summed E-state index contributed by atoms with van der Waals surface area (Å²) in [6.07, 6.45) is 0.258. The number of thiazole rings is 1. The molecule has 118 valence electrons. The Labute approximate surface area is 134 Å². The van der Waals surface area contributed by atoms with E-state index in [0.29, 0.717) is 18.1 Å². The van der Waals surface area contributed by atoms with Crippen LogP contribution in [0.15, 0.2) is 17.5 Å². The smallest absolute Gasteiger partial charge is 0.188 e. The number of methoxy groups -OCH3 is 1. The zero-order valence-corrected chi connectivity index (χ0v) is 14.1. The molecule has 0 N–H and O–H groups in total. The van der Waals surface area contributed by atoms with E-state index in [0.717, 1.165) is 16.4 Å². The minimum Gasteiger partial charge on any atom is -0.491 e. The summed E-state index contributed by atoms with van der Waals surface area (Å²) in [4.78, 5) is 21.0. The van der Waals surface area contributed by atoms with Gasteiger partial charge in [0.05, 0.1) is 12.5 Å². The van der Waals surface area contributed by atoms with Crippen molar-refractivity contribution in [1.82, 2.24) is 9.97 Å². The SMILES string of the molecule is CO[C@H](C)COc1cc(C)nc(C(=O)Cc2nc(C)cs2)c1. The van der Waals surface area contributed by atoms with E-state index in [1.54, 1.807) is 13.2 Å². The van der Waals surface area contributed by atoms with Gasteiger partial charge in [-0.3, -0.25) is 4.79 Å². The highest BCUT2D eigenvalue weighted by Gasteiger charge is 2.13. The summed E-state index contributed by atoms with van der Waals surface area (Å²) >= 11 is 1.49. The van der Waals surface area contributed by atoms with E-state index in [1.165, 1.54) is 11.3 Å². The molecule has 2 aromatic rings. The average molecular weight is 320 g/mol. The number of ketones is 1. The molecule has 0 amide bonds. The van der Waals surface area contributed by atoms with Crippen molar-refractivity contribution >= 4 is 17.1 Å². The molecular weight excluding hydrogens is 300 g/mol. The molecule has 0 aliphatic heterocycles. The third-order valence-electron chi connectivity index (χ3n) is 3.08. The summed E-state index contributed by atoms with van der Waals surface area (Å²) in [5, 5.41) is 2.74. The number of pyridine rings is 1. The van der Waals surface area contributed by atoms with Crippen LogP contribution in [0.5, 0.6) is 5.75 Å². The molecule has 2 rings (SSSR count). The molecular formula is C16H20N2O3S. The van der Waals surface area contributed by atoms with Crippen LogP contribution in [-0.4, -0.2) is 35.6 Å². The van der Waals surface area contributed by atoms with Gasteiger partial charge in [0.2, 0.25) is 0 Å². The van der Waals surface area contributed by atoms with Gasteiger partial charge in [-0.1, -0.05) is 0 Å². The van der Waals surface area contributed by atoms with Gasteiger partial charge in [0.15, 0.2) is 5.78 Å². The Balaban J connectivity index is 2.09. The van der Waals surface area contributed by atoms with E-state index in [9.17, 15) is 4.79 Å². The minimum absolute atomic E-state index is 0.00841. The lowest BCUT2D eigenvalue weighted by molar-refractivity contribution is 0.0715. The number of Topliss-reactive ketones (excluding diaryl/α,β-unsaturated/α-hetero) is 1. The van der Waals surface area contributed by atoms with Crippen LogP contribution >= 0.6 is 11.3 Å². The second-order valence-electron chi connectivity index (χ2n) is 5.17. The zero-order valence-electron chi connectivity index (χ0n) is 13.3. The van der Waals surface area contributed by atoms with Gasteiger partial charge >= 0.3 is 0 Å². The van der Waals surface area contributed by atoms with E-state index in [1.807, 2.05) is 32.2 Å². The molecule has 2 heterocycles. The molecule has 0 unspecified atom stereocenters. The maximum Gasteiger partial charge on any atom is 0.188 e. The largest absolute Gasteiger partial charge is 0.491 e. The lowest BCUT2D eigenvalue weighted by Crippen LogP contribution is -2.16.